The van der Waals surface area contributed by atoms with Gasteiger partial charge in [0.2, 0.25) is 0 Å². The lowest BCUT2D eigenvalue weighted by atomic mass is 10.2. The number of rotatable bonds is 5. The number of pyridine rings is 1. The third-order valence-corrected chi connectivity index (χ3v) is 5.07. The van der Waals surface area contributed by atoms with Crippen LogP contribution in [0.2, 0.25) is 0 Å². The largest absolute Gasteiger partial charge is 0.459 e. The second-order valence-electron chi connectivity index (χ2n) is 5.85. The van der Waals surface area contributed by atoms with E-state index in [0.29, 0.717) is 33.7 Å². The van der Waals surface area contributed by atoms with Gasteiger partial charge in [-0.2, -0.15) is 5.10 Å². The van der Waals surface area contributed by atoms with E-state index in [9.17, 15) is 4.79 Å². The molecule has 0 aliphatic carbocycles. The number of aryl methyl sites for hydroxylation is 2. The molecule has 136 valence electrons. The minimum absolute atomic E-state index is 0.187. The average molecular weight is 380 g/mol. The maximum Gasteiger partial charge on any atom is 0.263 e. The summed E-state index contributed by atoms with van der Waals surface area (Å²) in [6.07, 6.45) is 4.68. The van der Waals surface area contributed by atoms with Crippen LogP contribution in [-0.4, -0.2) is 30.6 Å². The van der Waals surface area contributed by atoms with E-state index in [-0.39, 0.29) is 5.91 Å². The molecule has 0 bridgehead atoms. The van der Waals surface area contributed by atoms with Crippen LogP contribution in [0.15, 0.2) is 47.5 Å². The monoisotopic (exact) mass is 380 g/mol. The van der Waals surface area contributed by atoms with Crippen molar-refractivity contribution in [3.05, 3.63) is 65.0 Å². The lowest BCUT2D eigenvalue weighted by Gasteiger charge is -2.08. The van der Waals surface area contributed by atoms with Crippen LogP contribution >= 0.6 is 11.3 Å². The van der Waals surface area contributed by atoms with Crippen molar-refractivity contribution >= 4 is 17.2 Å². The molecule has 0 fully saturated rings. The zero-order chi connectivity index (χ0) is 18.8. The molecule has 0 aliphatic heterocycles. The SMILES string of the molecule is Cc1ccc(-c2nc(C)c(C(=O)NCc3cccnc3-n3cncn3)s2)o1. The number of nitrogens with one attached hydrogen (secondary N) is 1. The van der Waals surface area contributed by atoms with Crippen LogP contribution in [0.25, 0.3) is 16.6 Å². The minimum Gasteiger partial charge on any atom is -0.459 e. The third-order valence-electron chi connectivity index (χ3n) is 3.90. The normalized spacial score (nSPS) is 10.9. The second-order valence-corrected chi connectivity index (χ2v) is 6.85. The van der Waals surface area contributed by atoms with Gasteiger partial charge >= 0.3 is 0 Å². The predicted octanol–water partition coefficient (Wildman–Crippen LogP) is 2.93. The fourth-order valence-corrected chi connectivity index (χ4v) is 3.55. The Balaban J connectivity index is 1.52. The van der Waals surface area contributed by atoms with Crippen molar-refractivity contribution in [2.24, 2.45) is 0 Å². The molecule has 1 N–H and O–H groups in total. The first kappa shape index (κ1) is 17.1. The summed E-state index contributed by atoms with van der Waals surface area (Å²) in [5.41, 5.74) is 1.50. The molecule has 4 aromatic heterocycles. The van der Waals surface area contributed by atoms with Gasteiger partial charge in [0.25, 0.3) is 5.91 Å². The van der Waals surface area contributed by atoms with Gasteiger partial charge in [0, 0.05) is 18.3 Å². The summed E-state index contributed by atoms with van der Waals surface area (Å²) in [7, 11) is 0. The molecule has 0 saturated heterocycles. The number of thiazole rings is 1. The molecule has 0 radical (unpaired) electrons. The Bertz CT molecular complexity index is 1080. The highest BCUT2D eigenvalue weighted by atomic mass is 32.1. The van der Waals surface area contributed by atoms with Gasteiger partial charge in [-0.1, -0.05) is 6.07 Å². The number of hydrogen-bond donors (Lipinski definition) is 1. The van der Waals surface area contributed by atoms with E-state index in [1.807, 2.05) is 38.1 Å². The zero-order valence-electron chi connectivity index (χ0n) is 14.7. The Morgan fingerprint density at radius 1 is 1.30 bits per heavy atom. The quantitative estimate of drug-likeness (QED) is 0.571. The molecule has 0 atom stereocenters. The third kappa shape index (κ3) is 3.49. The lowest BCUT2D eigenvalue weighted by Crippen LogP contribution is -2.23. The van der Waals surface area contributed by atoms with E-state index in [4.69, 9.17) is 4.42 Å². The molecule has 0 unspecified atom stereocenters. The zero-order valence-corrected chi connectivity index (χ0v) is 15.5. The number of hydrogen-bond acceptors (Lipinski definition) is 7. The number of nitrogens with zero attached hydrogens (tertiary/aromatic N) is 5. The van der Waals surface area contributed by atoms with Gasteiger partial charge in [0.15, 0.2) is 16.6 Å². The van der Waals surface area contributed by atoms with Crippen molar-refractivity contribution in [2.75, 3.05) is 0 Å². The van der Waals surface area contributed by atoms with Gasteiger partial charge in [-0.25, -0.2) is 19.6 Å². The molecule has 0 spiro atoms. The highest BCUT2D eigenvalue weighted by Gasteiger charge is 2.18. The van der Waals surface area contributed by atoms with Crippen LogP contribution in [0, 0.1) is 13.8 Å². The first-order chi connectivity index (χ1) is 13.1. The van der Waals surface area contributed by atoms with Crippen molar-refractivity contribution in [1.82, 2.24) is 30.0 Å². The molecule has 0 saturated carbocycles. The van der Waals surface area contributed by atoms with E-state index in [0.717, 1.165) is 11.3 Å². The molecular formula is C18H16N6O2S. The summed E-state index contributed by atoms with van der Waals surface area (Å²) in [4.78, 5) is 25.9. The van der Waals surface area contributed by atoms with Crippen LogP contribution < -0.4 is 5.32 Å². The van der Waals surface area contributed by atoms with Crippen LogP contribution in [0.1, 0.15) is 26.7 Å². The maximum absolute atomic E-state index is 12.7. The molecular weight excluding hydrogens is 364 g/mol. The first-order valence-electron chi connectivity index (χ1n) is 8.23. The Labute approximate surface area is 158 Å². The summed E-state index contributed by atoms with van der Waals surface area (Å²) < 4.78 is 7.16. The second kappa shape index (κ2) is 7.12. The van der Waals surface area contributed by atoms with Gasteiger partial charge in [-0.05, 0) is 32.0 Å². The van der Waals surface area contributed by atoms with Crippen molar-refractivity contribution in [1.29, 1.82) is 0 Å². The van der Waals surface area contributed by atoms with Gasteiger partial charge in [0.05, 0.1) is 5.69 Å². The Kier molecular flexibility index (Phi) is 4.51. The average Bonchev–Trinajstić information content (AvgIpc) is 3.41. The topological polar surface area (TPSA) is 98.7 Å². The number of furan rings is 1. The predicted molar refractivity (Wildman–Crippen MR) is 99.6 cm³/mol. The highest BCUT2D eigenvalue weighted by molar-refractivity contribution is 7.17. The summed E-state index contributed by atoms with van der Waals surface area (Å²) >= 11 is 1.31. The van der Waals surface area contributed by atoms with Crippen molar-refractivity contribution < 1.29 is 9.21 Å². The lowest BCUT2D eigenvalue weighted by molar-refractivity contribution is 0.0954. The van der Waals surface area contributed by atoms with Crippen LogP contribution in [-0.2, 0) is 6.54 Å². The highest BCUT2D eigenvalue weighted by Crippen LogP contribution is 2.29. The number of carbonyl (C=O) groups excluding carboxylic acids is 1. The number of amides is 1. The molecule has 4 aromatic rings. The summed E-state index contributed by atoms with van der Waals surface area (Å²) in [5.74, 6) is 1.91. The minimum atomic E-state index is -0.187. The Morgan fingerprint density at radius 3 is 2.93 bits per heavy atom. The van der Waals surface area contributed by atoms with E-state index in [2.05, 4.69) is 25.4 Å². The fourth-order valence-electron chi connectivity index (χ4n) is 2.61. The Hall–Kier alpha value is -3.33. The van der Waals surface area contributed by atoms with Crippen molar-refractivity contribution in [2.45, 2.75) is 20.4 Å². The van der Waals surface area contributed by atoms with Gasteiger partial charge in [0.1, 0.15) is 23.3 Å². The molecule has 4 heterocycles. The van der Waals surface area contributed by atoms with Crippen LogP contribution in [0.3, 0.4) is 0 Å². The summed E-state index contributed by atoms with van der Waals surface area (Å²) in [6, 6.07) is 7.44. The van der Waals surface area contributed by atoms with Crippen molar-refractivity contribution in [3.8, 4) is 16.6 Å². The number of aromatic nitrogens is 5. The smallest absolute Gasteiger partial charge is 0.263 e. The van der Waals surface area contributed by atoms with Crippen LogP contribution in [0.4, 0.5) is 0 Å². The molecule has 8 nitrogen and oxygen atoms in total. The van der Waals surface area contributed by atoms with E-state index < -0.39 is 0 Å². The Morgan fingerprint density at radius 2 is 2.19 bits per heavy atom. The first-order valence-corrected chi connectivity index (χ1v) is 9.05. The molecule has 27 heavy (non-hydrogen) atoms. The van der Waals surface area contributed by atoms with E-state index >= 15 is 0 Å². The van der Waals surface area contributed by atoms with Gasteiger partial charge < -0.3 is 9.73 Å². The summed E-state index contributed by atoms with van der Waals surface area (Å²) in [6.45, 7) is 4.00. The van der Waals surface area contributed by atoms with Gasteiger partial charge in [-0.3, -0.25) is 4.79 Å². The molecule has 9 heteroatoms. The molecule has 4 rings (SSSR count). The van der Waals surface area contributed by atoms with E-state index in [1.54, 1.807) is 17.2 Å². The van der Waals surface area contributed by atoms with E-state index in [1.165, 1.54) is 17.7 Å². The van der Waals surface area contributed by atoms with Gasteiger partial charge in [-0.15, -0.1) is 11.3 Å². The molecule has 1 amide bonds. The molecule has 0 aromatic carbocycles. The standard InChI is InChI=1S/C18H16N6O2S/c1-11-5-6-14(26-11)18-23-12(2)15(27-18)17(25)21-8-13-4-3-7-20-16(13)24-10-19-9-22-24/h3-7,9-10H,8H2,1-2H3,(H,21,25). The number of carbonyl (C=O) groups is 1. The fraction of sp³-hybridized carbons (Fsp3) is 0.167. The maximum atomic E-state index is 12.7. The molecule has 0 aliphatic rings. The van der Waals surface area contributed by atoms with Crippen molar-refractivity contribution in [3.63, 3.8) is 0 Å². The summed E-state index contributed by atoms with van der Waals surface area (Å²) in [5, 5.41) is 7.72. The van der Waals surface area contributed by atoms with Crippen LogP contribution in [0.5, 0.6) is 0 Å².